The summed E-state index contributed by atoms with van der Waals surface area (Å²) < 4.78 is 5.33. The van der Waals surface area contributed by atoms with Crippen molar-refractivity contribution in [3.05, 3.63) is 27.2 Å². The van der Waals surface area contributed by atoms with Gasteiger partial charge < -0.3 is 14.9 Å². The standard InChI is InChI=1S/C10H11Cl3O3/c11-6-4-8(13)9(5-7(6)12)16-3-1-2-10(14)15/h4-5,10,14-15H,1-3H2. The molecule has 6 heteroatoms. The average Bonchev–Trinajstić information content (AvgIpc) is 2.19. The van der Waals surface area contributed by atoms with Gasteiger partial charge in [0.1, 0.15) is 5.75 Å². The Bertz CT molecular complexity index is 355. The molecule has 0 aromatic heterocycles. The summed E-state index contributed by atoms with van der Waals surface area (Å²) in [6.07, 6.45) is -0.555. The van der Waals surface area contributed by atoms with Crippen molar-refractivity contribution < 1.29 is 14.9 Å². The minimum absolute atomic E-state index is 0.249. The number of benzene rings is 1. The second kappa shape index (κ2) is 6.52. The molecule has 2 N–H and O–H groups in total. The molecule has 0 aliphatic heterocycles. The smallest absolute Gasteiger partial charge is 0.151 e. The number of halogens is 3. The molecule has 0 amide bonds. The summed E-state index contributed by atoms with van der Waals surface area (Å²) in [7, 11) is 0. The van der Waals surface area contributed by atoms with Gasteiger partial charge in [-0.25, -0.2) is 0 Å². The third-order valence-electron chi connectivity index (χ3n) is 1.84. The zero-order chi connectivity index (χ0) is 12.1. The van der Waals surface area contributed by atoms with E-state index in [0.717, 1.165) is 0 Å². The van der Waals surface area contributed by atoms with Gasteiger partial charge in [0.15, 0.2) is 6.29 Å². The van der Waals surface area contributed by atoms with Crippen LogP contribution in [0.4, 0.5) is 0 Å². The van der Waals surface area contributed by atoms with Crippen LogP contribution in [0.25, 0.3) is 0 Å². The molecule has 0 radical (unpaired) electrons. The van der Waals surface area contributed by atoms with Gasteiger partial charge in [-0.2, -0.15) is 0 Å². The third kappa shape index (κ3) is 4.36. The fourth-order valence-corrected chi connectivity index (χ4v) is 1.65. The lowest BCUT2D eigenvalue weighted by Crippen LogP contribution is -2.07. The summed E-state index contributed by atoms with van der Waals surface area (Å²) in [5, 5.41) is 18.3. The third-order valence-corrected chi connectivity index (χ3v) is 2.86. The van der Waals surface area contributed by atoms with Crippen LogP contribution in [0.15, 0.2) is 12.1 Å². The molecule has 0 bridgehead atoms. The van der Waals surface area contributed by atoms with Crippen molar-refractivity contribution >= 4 is 34.8 Å². The molecule has 1 aromatic rings. The number of ether oxygens (including phenoxy) is 1. The molecule has 0 spiro atoms. The van der Waals surface area contributed by atoms with E-state index >= 15 is 0 Å². The van der Waals surface area contributed by atoms with Crippen LogP contribution in [-0.2, 0) is 0 Å². The number of aliphatic hydroxyl groups excluding tert-OH is 1. The molecule has 0 unspecified atom stereocenters. The fraction of sp³-hybridized carbons (Fsp3) is 0.400. The molecule has 0 aliphatic rings. The van der Waals surface area contributed by atoms with Crippen LogP contribution < -0.4 is 4.74 Å². The molecule has 0 saturated carbocycles. The van der Waals surface area contributed by atoms with Crippen molar-refractivity contribution in [3.63, 3.8) is 0 Å². The van der Waals surface area contributed by atoms with Gasteiger partial charge in [-0.15, -0.1) is 0 Å². The first-order valence-electron chi connectivity index (χ1n) is 4.64. The zero-order valence-electron chi connectivity index (χ0n) is 8.29. The maximum Gasteiger partial charge on any atom is 0.151 e. The Morgan fingerprint density at radius 2 is 1.69 bits per heavy atom. The van der Waals surface area contributed by atoms with Crippen LogP contribution in [0.3, 0.4) is 0 Å². The van der Waals surface area contributed by atoms with E-state index in [9.17, 15) is 0 Å². The van der Waals surface area contributed by atoms with E-state index in [1.54, 1.807) is 0 Å². The molecule has 16 heavy (non-hydrogen) atoms. The summed E-state index contributed by atoms with van der Waals surface area (Å²) in [5.41, 5.74) is 0. The Kier molecular flexibility index (Phi) is 5.66. The number of rotatable bonds is 5. The fourth-order valence-electron chi connectivity index (χ4n) is 1.06. The molecule has 0 heterocycles. The van der Waals surface area contributed by atoms with Gasteiger partial charge in [0.2, 0.25) is 0 Å². The van der Waals surface area contributed by atoms with E-state index in [4.69, 9.17) is 49.8 Å². The van der Waals surface area contributed by atoms with Crippen LogP contribution in [0.2, 0.25) is 15.1 Å². The summed E-state index contributed by atoms with van der Waals surface area (Å²) in [4.78, 5) is 0. The van der Waals surface area contributed by atoms with Crippen molar-refractivity contribution in [1.82, 2.24) is 0 Å². The molecule has 0 atom stereocenters. The highest BCUT2D eigenvalue weighted by Gasteiger charge is 2.07. The number of hydrogen-bond acceptors (Lipinski definition) is 3. The lowest BCUT2D eigenvalue weighted by atomic mass is 10.3. The Balaban J connectivity index is 2.51. The Hall–Kier alpha value is -0.190. The van der Waals surface area contributed by atoms with E-state index in [0.29, 0.717) is 33.8 Å². The molecular weight excluding hydrogens is 274 g/mol. The topological polar surface area (TPSA) is 49.7 Å². The maximum atomic E-state index is 8.62. The Morgan fingerprint density at radius 3 is 2.31 bits per heavy atom. The molecule has 1 aromatic carbocycles. The van der Waals surface area contributed by atoms with E-state index in [1.165, 1.54) is 12.1 Å². The normalized spacial score (nSPS) is 10.9. The van der Waals surface area contributed by atoms with Gasteiger partial charge in [0.05, 0.1) is 21.7 Å². The van der Waals surface area contributed by atoms with Crippen molar-refractivity contribution in [3.8, 4) is 5.75 Å². The number of hydrogen-bond donors (Lipinski definition) is 2. The second-order valence-corrected chi connectivity index (χ2v) is 4.39. The Morgan fingerprint density at radius 1 is 1.06 bits per heavy atom. The van der Waals surface area contributed by atoms with Gasteiger partial charge in [-0.1, -0.05) is 34.8 Å². The summed E-state index contributed by atoms with van der Waals surface area (Å²) in [6.45, 7) is 0.329. The Labute approximate surface area is 109 Å². The SMILES string of the molecule is OC(O)CCCOc1cc(Cl)c(Cl)cc1Cl. The van der Waals surface area contributed by atoms with Crippen molar-refractivity contribution in [1.29, 1.82) is 0 Å². The molecule has 0 saturated heterocycles. The van der Waals surface area contributed by atoms with E-state index in [2.05, 4.69) is 0 Å². The van der Waals surface area contributed by atoms with Crippen LogP contribution >= 0.6 is 34.8 Å². The quantitative estimate of drug-likeness (QED) is 0.496. The highest BCUT2D eigenvalue weighted by molar-refractivity contribution is 6.43. The monoisotopic (exact) mass is 284 g/mol. The van der Waals surface area contributed by atoms with Crippen molar-refractivity contribution in [2.24, 2.45) is 0 Å². The molecule has 0 aliphatic carbocycles. The van der Waals surface area contributed by atoms with Crippen molar-refractivity contribution in [2.45, 2.75) is 19.1 Å². The van der Waals surface area contributed by atoms with Gasteiger partial charge >= 0.3 is 0 Å². The highest BCUT2D eigenvalue weighted by atomic mass is 35.5. The molecule has 0 fully saturated rings. The molecule has 3 nitrogen and oxygen atoms in total. The minimum atomic E-state index is -1.31. The highest BCUT2D eigenvalue weighted by Crippen LogP contribution is 2.33. The minimum Gasteiger partial charge on any atom is -0.492 e. The van der Waals surface area contributed by atoms with Crippen LogP contribution in [0.5, 0.6) is 5.75 Å². The first-order valence-corrected chi connectivity index (χ1v) is 5.77. The van der Waals surface area contributed by atoms with Gasteiger partial charge in [-0.3, -0.25) is 0 Å². The van der Waals surface area contributed by atoms with Crippen LogP contribution in [-0.4, -0.2) is 23.1 Å². The summed E-state index contributed by atoms with van der Waals surface area (Å²) >= 11 is 17.4. The predicted octanol–water partition coefficient (Wildman–Crippen LogP) is 3.12. The van der Waals surface area contributed by atoms with E-state index in [-0.39, 0.29) is 6.42 Å². The second-order valence-electron chi connectivity index (χ2n) is 3.17. The first-order chi connectivity index (χ1) is 7.50. The summed E-state index contributed by atoms with van der Waals surface area (Å²) in [6, 6.07) is 3.03. The van der Waals surface area contributed by atoms with Gasteiger partial charge in [0, 0.05) is 12.5 Å². The largest absolute Gasteiger partial charge is 0.492 e. The number of aliphatic hydroxyl groups is 2. The van der Waals surface area contributed by atoms with E-state index in [1.807, 2.05) is 0 Å². The van der Waals surface area contributed by atoms with Crippen LogP contribution in [0.1, 0.15) is 12.8 Å². The molecular formula is C10H11Cl3O3. The molecule has 90 valence electrons. The van der Waals surface area contributed by atoms with Crippen LogP contribution in [0, 0.1) is 0 Å². The van der Waals surface area contributed by atoms with Gasteiger partial charge in [0.25, 0.3) is 0 Å². The van der Waals surface area contributed by atoms with E-state index < -0.39 is 6.29 Å². The lowest BCUT2D eigenvalue weighted by Gasteiger charge is -2.09. The van der Waals surface area contributed by atoms with Crippen molar-refractivity contribution in [2.75, 3.05) is 6.61 Å². The first kappa shape index (κ1) is 13.9. The summed E-state index contributed by atoms with van der Waals surface area (Å²) in [5.74, 6) is 0.434. The zero-order valence-corrected chi connectivity index (χ0v) is 10.6. The molecule has 1 rings (SSSR count). The maximum absolute atomic E-state index is 8.62. The lowest BCUT2D eigenvalue weighted by molar-refractivity contribution is -0.0479. The average molecular weight is 286 g/mol. The van der Waals surface area contributed by atoms with Gasteiger partial charge in [-0.05, 0) is 12.5 Å². The predicted molar refractivity (Wildman–Crippen MR) is 64.4 cm³/mol.